The Hall–Kier alpha value is -3.26. The van der Waals surface area contributed by atoms with Crippen molar-refractivity contribution >= 4 is 56.8 Å². The first-order valence-electron chi connectivity index (χ1n) is 9.37. The summed E-state index contributed by atoms with van der Waals surface area (Å²) in [4.78, 5) is 17.2. The number of thiazole rings is 1. The molecule has 4 rings (SSSR count). The summed E-state index contributed by atoms with van der Waals surface area (Å²) in [6.07, 6.45) is 1.55. The van der Waals surface area contributed by atoms with Crippen molar-refractivity contribution in [3.05, 3.63) is 99.8 Å². The standard InChI is InChI=1S/C23H15Cl2FN4OS/c24-17-9-6-16(19(25)12-17)13-27-30-23-28-20(14-4-2-1-3-5-14)22(32-23)29-21(31)15-7-10-18(26)11-8-15/h1-13H,(H,28,30)(H,29,31)/b27-13+. The molecule has 0 spiro atoms. The fraction of sp³-hybridized carbons (Fsp3) is 0. The number of hydrogen-bond acceptors (Lipinski definition) is 5. The highest BCUT2D eigenvalue weighted by Crippen LogP contribution is 2.36. The zero-order valence-corrected chi connectivity index (χ0v) is 18.7. The fourth-order valence-corrected chi connectivity index (χ4v) is 4.07. The maximum Gasteiger partial charge on any atom is 0.256 e. The third-order valence-corrected chi connectivity index (χ3v) is 5.77. The van der Waals surface area contributed by atoms with Crippen molar-refractivity contribution < 1.29 is 9.18 Å². The first kappa shape index (κ1) is 22.0. The van der Waals surface area contributed by atoms with E-state index in [1.54, 1.807) is 24.4 Å². The lowest BCUT2D eigenvalue weighted by molar-refractivity contribution is 0.102. The van der Waals surface area contributed by atoms with Gasteiger partial charge in [-0.1, -0.05) is 70.9 Å². The minimum Gasteiger partial charge on any atom is -0.312 e. The molecule has 1 heterocycles. The van der Waals surface area contributed by atoms with Crippen LogP contribution in [0.4, 0.5) is 14.5 Å². The van der Waals surface area contributed by atoms with Crippen LogP contribution in [0.5, 0.6) is 0 Å². The van der Waals surface area contributed by atoms with Crippen molar-refractivity contribution in [2.45, 2.75) is 0 Å². The van der Waals surface area contributed by atoms with Gasteiger partial charge in [0.25, 0.3) is 5.91 Å². The van der Waals surface area contributed by atoms with E-state index in [4.69, 9.17) is 23.2 Å². The van der Waals surface area contributed by atoms with E-state index in [-0.39, 0.29) is 5.91 Å². The molecule has 0 aliphatic carbocycles. The number of halogens is 3. The van der Waals surface area contributed by atoms with E-state index in [0.29, 0.717) is 37.0 Å². The highest BCUT2D eigenvalue weighted by molar-refractivity contribution is 7.20. The maximum atomic E-state index is 13.2. The highest BCUT2D eigenvalue weighted by atomic mass is 35.5. The molecule has 9 heteroatoms. The van der Waals surface area contributed by atoms with Crippen LogP contribution in [-0.2, 0) is 0 Å². The first-order valence-corrected chi connectivity index (χ1v) is 10.9. The second kappa shape index (κ2) is 9.91. The average Bonchev–Trinajstić information content (AvgIpc) is 3.18. The molecule has 0 fully saturated rings. The lowest BCUT2D eigenvalue weighted by atomic mass is 10.1. The minimum atomic E-state index is -0.408. The molecule has 32 heavy (non-hydrogen) atoms. The maximum absolute atomic E-state index is 13.2. The molecule has 160 valence electrons. The summed E-state index contributed by atoms with van der Waals surface area (Å²) in [5.41, 5.74) is 5.32. The van der Waals surface area contributed by atoms with Crippen molar-refractivity contribution in [2.24, 2.45) is 5.10 Å². The van der Waals surface area contributed by atoms with Crippen molar-refractivity contribution in [2.75, 3.05) is 10.7 Å². The number of amides is 1. The van der Waals surface area contributed by atoms with Gasteiger partial charge in [-0.25, -0.2) is 9.37 Å². The average molecular weight is 485 g/mol. The topological polar surface area (TPSA) is 66.4 Å². The number of carbonyl (C=O) groups excluding carboxylic acids is 1. The van der Waals surface area contributed by atoms with Crippen LogP contribution in [-0.4, -0.2) is 17.1 Å². The Labute approximate surface area is 197 Å². The summed E-state index contributed by atoms with van der Waals surface area (Å²) in [5, 5.41) is 9.06. The molecule has 0 radical (unpaired) electrons. The lowest BCUT2D eigenvalue weighted by Gasteiger charge is -2.05. The summed E-state index contributed by atoms with van der Waals surface area (Å²) in [7, 11) is 0. The number of benzene rings is 3. The molecule has 0 atom stereocenters. The molecule has 0 saturated carbocycles. The van der Waals surface area contributed by atoms with Gasteiger partial charge in [0.05, 0.1) is 11.2 Å². The number of anilines is 2. The molecule has 3 aromatic carbocycles. The predicted molar refractivity (Wildman–Crippen MR) is 130 cm³/mol. The van der Waals surface area contributed by atoms with Crippen LogP contribution in [0.3, 0.4) is 0 Å². The highest BCUT2D eigenvalue weighted by Gasteiger charge is 2.16. The van der Waals surface area contributed by atoms with E-state index >= 15 is 0 Å². The summed E-state index contributed by atoms with van der Waals surface area (Å²) in [6.45, 7) is 0. The van der Waals surface area contributed by atoms with Gasteiger partial charge in [0.1, 0.15) is 16.5 Å². The van der Waals surface area contributed by atoms with Crippen molar-refractivity contribution in [3.8, 4) is 11.3 Å². The van der Waals surface area contributed by atoms with Crippen LogP contribution >= 0.6 is 34.5 Å². The van der Waals surface area contributed by atoms with Crippen LogP contribution in [0.2, 0.25) is 10.0 Å². The van der Waals surface area contributed by atoms with Crippen LogP contribution in [0, 0.1) is 5.82 Å². The predicted octanol–water partition coefficient (Wildman–Crippen LogP) is 6.95. The van der Waals surface area contributed by atoms with E-state index in [1.165, 1.54) is 35.6 Å². The Bertz CT molecular complexity index is 1280. The number of rotatable bonds is 6. The summed E-state index contributed by atoms with van der Waals surface area (Å²) in [5.74, 6) is -0.775. The fourth-order valence-electron chi connectivity index (χ4n) is 2.78. The SMILES string of the molecule is O=C(Nc1sc(N/N=C/c2ccc(Cl)cc2Cl)nc1-c1ccccc1)c1ccc(F)cc1. The number of hydrogen-bond donors (Lipinski definition) is 2. The molecule has 0 aliphatic rings. The molecule has 0 bridgehead atoms. The van der Waals surface area contributed by atoms with Crippen molar-refractivity contribution in [1.29, 1.82) is 0 Å². The van der Waals surface area contributed by atoms with Crippen molar-refractivity contribution in [1.82, 2.24) is 4.98 Å². The summed E-state index contributed by atoms with van der Waals surface area (Å²) < 4.78 is 13.2. The van der Waals surface area contributed by atoms with Gasteiger partial charge in [-0.2, -0.15) is 5.10 Å². The molecule has 4 aromatic rings. The van der Waals surface area contributed by atoms with Gasteiger partial charge in [-0.3, -0.25) is 10.2 Å². The van der Waals surface area contributed by atoms with E-state index in [1.807, 2.05) is 30.3 Å². The van der Waals surface area contributed by atoms with Gasteiger partial charge < -0.3 is 5.32 Å². The third-order valence-electron chi connectivity index (χ3n) is 4.33. The Morgan fingerprint density at radius 3 is 2.50 bits per heavy atom. The Morgan fingerprint density at radius 1 is 1.03 bits per heavy atom. The van der Waals surface area contributed by atoms with Crippen molar-refractivity contribution in [3.63, 3.8) is 0 Å². The Kier molecular flexibility index (Phi) is 6.80. The number of hydrazone groups is 1. The van der Waals surface area contributed by atoms with Gasteiger partial charge in [-0.05, 0) is 36.4 Å². The largest absolute Gasteiger partial charge is 0.312 e. The van der Waals surface area contributed by atoms with Gasteiger partial charge in [-0.15, -0.1) is 0 Å². The van der Waals surface area contributed by atoms with E-state index in [2.05, 4.69) is 20.8 Å². The second-order valence-electron chi connectivity index (χ2n) is 6.56. The molecular weight excluding hydrogens is 470 g/mol. The van der Waals surface area contributed by atoms with E-state index in [0.717, 1.165) is 5.56 Å². The molecule has 0 unspecified atom stereocenters. The van der Waals surface area contributed by atoms with Gasteiger partial charge in [0, 0.05) is 21.7 Å². The number of nitrogens with one attached hydrogen (secondary N) is 2. The molecule has 1 amide bonds. The van der Waals surface area contributed by atoms with E-state index in [9.17, 15) is 9.18 Å². The van der Waals surface area contributed by atoms with Gasteiger partial charge in [0.2, 0.25) is 5.13 Å². The molecule has 1 aromatic heterocycles. The van der Waals surface area contributed by atoms with E-state index < -0.39 is 5.82 Å². The van der Waals surface area contributed by atoms with Crippen LogP contribution in [0.15, 0.2) is 77.9 Å². The molecule has 0 aliphatic heterocycles. The second-order valence-corrected chi connectivity index (χ2v) is 8.40. The van der Waals surface area contributed by atoms with Crippen LogP contribution in [0.1, 0.15) is 15.9 Å². The normalized spacial score (nSPS) is 11.0. The first-order chi connectivity index (χ1) is 15.5. The lowest BCUT2D eigenvalue weighted by Crippen LogP contribution is -2.11. The summed E-state index contributed by atoms with van der Waals surface area (Å²) >= 11 is 13.3. The minimum absolute atomic E-state index is 0.337. The molecule has 2 N–H and O–H groups in total. The molecule has 0 saturated heterocycles. The molecule has 5 nitrogen and oxygen atoms in total. The summed E-state index contributed by atoms with van der Waals surface area (Å²) in [6, 6.07) is 19.9. The van der Waals surface area contributed by atoms with Crippen LogP contribution in [0.25, 0.3) is 11.3 Å². The van der Waals surface area contributed by atoms with Crippen LogP contribution < -0.4 is 10.7 Å². The molecular formula is C23H15Cl2FN4OS. The quantitative estimate of drug-likeness (QED) is 0.229. The number of aromatic nitrogens is 1. The number of carbonyl (C=O) groups is 1. The zero-order chi connectivity index (χ0) is 22.5. The zero-order valence-electron chi connectivity index (χ0n) is 16.4. The number of nitrogens with zero attached hydrogens (tertiary/aromatic N) is 2. The van der Waals surface area contributed by atoms with Gasteiger partial charge >= 0.3 is 0 Å². The van der Waals surface area contributed by atoms with Gasteiger partial charge in [0.15, 0.2) is 0 Å². The smallest absolute Gasteiger partial charge is 0.256 e. The monoisotopic (exact) mass is 484 g/mol. The Morgan fingerprint density at radius 2 is 1.78 bits per heavy atom. The third kappa shape index (κ3) is 5.31. The Balaban J connectivity index is 1.58.